The lowest BCUT2D eigenvalue weighted by molar-refractivity contribution is -0.114. The van der Waals surface area contributed by atoms with Crippen molar-refractivity contribution < 1.29 is 9.18 Å². The number of carbonyl (C=O) groups is 1. The van der Waals surface area contributed by atoms with Crippen LogP contribution >= 0.6 is 0 Å². The molecule has 0 aliphatic carbocycles. The molecule has 0 saturated carbocycles. The predicted molar refractivity (Wildman–Crippen MR) is 63.0 cm³/mol. The molecule has 0 unspecified atom stereocenters. The van der Waals surface area contributed by atoms with E-state index in [1.165, 1.54) is 19.1 Å². The average Bonchev–Trinajstić information content (AvgIpc) is 2.33. The second kappa shape index (κ2) is 5.97. The van der Waals surface area contributed by atoms with E-state index in [4.69, 9.17) is 10.5 Å². The van der Waals surface area contributed by atoms with Crippen molar-refractivity contribution in [3.8, 4) is 12.1 Å². The van der Waals surface area contributed by atoms with Gasteiger partial charge < -0.3 is 5.32 Å². The number of amides is 1. The molecule has 0 saturated heterocycles. The molecule has 7 heteroatoms. The maximum atomic E-state index is 13.3. The summed E-state index contributed by atoms with van der Waals surface area (Å²) < 4.78 is 13.3. The molecule has 2 N–H and O–H groups in total. The van der Waals surface area contributed by atoms with E-state index in [1.54, 1.807) is 12.1 Å². The van der Waals surface area contributed by atoms with E-state index in [0.717, 1.165) is 6.07 Å². The van der Waals surface area contributed by atoms with E-state index >= 15 is 0 Å². The highest BCUT2D eigenvalue weighted by Gasteiger charge is 2.05. The van der Waals surface area contributed by atoms with Crippen LogP contribution in [0.25, 0.3) is 0 Å². The number of rotatable bonds is 3. The van der Waals surface area contributed by atoms with Gasteiger partial charge in [0.25, 0.3) is 0 Å². The van der Waals surface area contributed by atoms with Gasteiger partial charge in [-0.25, -0.2) is 4.39 Å². The van der Waals surface area contributed by atoms with Gasteiger partial charge in [0.2, 0.25) is 11.6 Å². The van der Waals surface area contributed by atoms with Gasteiger partial charge in [-0.3, -0.25) is 10.2 Å². The van der Waals surface area contributed by atoms with Crippen molar-refractivity contribution in [2.45, 2.75) is 6.92 Å². The Morgan fingerprint density at radius 3 is 2.61 bits per heavy atom. The number of hydrogen-bond acceptors (Lipinski definition) is 5. The molecular formula is C11H8FN5O. The van der Waals surface area contributed by atoms with Crippen LogP contribution in [-0.2, 0) is 4.79 Å². The molecule has 1 amide bonds. The molecule has 0 radical (unpaired) electrons. The van der Waals surface area contributed by atoms with Gasteiger partial charge in [0.05, 0.1) is 11.4 Å². The van der Waals surface area contributed by atoms with Gasteiger partial charge in [-0.1, -0.05) is 0 Å². The largest absolute Gasteiger partial charge is 0.324 e. The Labute approximate surface area is 102 Å². The molecule has 90 valence electrons. The van der Waals surface area contributed by atoms with Crippen molar-refractivity contribution >= 4 is 23.0 Å². The van der Waals surface area contributed by atoms with Crippen LogP contribution in [0.4, 0.5) is 15.8 Å². The van der Waals surface area contributed by atoms with Gasteiger partial charge in [-0.05, 0) is 18.2 Å². The van der Waals surface area contributed by atoms with Crippen LogP contribution in [0.3, 0.4) is 0 Å². The summed E-state index contributed by atoms with van der Waals surface area (Å²) in [5.74, 6) is -1.01. The average molecular weight is 245 g/mol. The molecule has 0 atom stereocenters. The Hall–Kier alpha value is -2.93. The van der Waals surface area contributed by atoms with E-state index in [9.17, 15) is 9.18 Å². The van der Waals surface area contributed by atoms with Crippen LogP contribution in [0.1, 0.15) is 6.92 Å². The third kappa shape index (κ3) is 3.58. The lowest BCUT2D eigenvalue weighted by atomic mass is 10.2. The molecule has 0 aromatic heterocycles. The first-order valence-corrected chi connectivity index (χ1v) is 4.78. The Kier molecular flexibility index (Phi) is 4.35. The molecule has 1 rings (SSSR count). The van der Waals surface area contributed by atoms with Gasteiger partial charge in [0.15, 0.2) is 0 Å². The fourth-order valence-corrected chi connectivity index (χ4v) is 1.08. The minimum absolute atomic E-state index is 0.0156. The molecule has 0 spiro atoms. The van der Waals surface area contributed by atoms with Gasteiger partial charge in [0.1, 0.15) is 18.0 Å². The molecule has 1 aromatic carbocycles. The summed E-state index contributed by atoms with van der Waals surface area (Å²) in [5.41, 5.74) is 2.37. The third-order valence-electron chi connectivity index (χ3n) is 1.79. The Morgan fingerprint density at radius 2 is 2.06 bits per heavy atom. The lowest BCUT2D eigenvalue weighted by Crippen LogP contribution is -2.08. The molecule has 0 heterocycles. The third-order valence-corrected chi connectivity index (χ3v) is 1.79. The molecule has 1 aromatic rings. The molecule has 18 heavy (non-hydrogen) atoms. The quantitative estimate of drug-likeness (QED) is 0.623. The highest BCUT2D eigenvalue weighted by molar-refractivity contribution is 6.10. The first-order valence-electron chi connectivity index (χ1n) is 4.78. The topological polar surface area (TPSA) is 101 Å². The summed E-state index contributed by atoms with van der Waals surface area (Å²) >= 11 is 0. The smallest absolute Gasteiger partial charge is 0.237 e. The Morgan fingerprint density at radius 1 is 1.39 bits per heavy atom. The predicted octanol–water partition coefficient (Wildman–Crippen LogP) is 1.60. The van der Waals surface area contributed by atoms with Crippen LogP contribution in [0.5, 0.6) is 0 Å². The summed E-state index contributed by atoms with van der Waals surface area (Å²) in [5, 5.41) is 22.7. The van der Waals surface area contributed by atoms with Crippen LogP contribution in [0, 0.1) is 28.5 Å². The lowest BCUT2D eigenvalue weighted by Gasteiger charge is -2.06. The van der Waals surface area contributed by atoms with Crippen molar-refractivity contribution in [3.05, 3.63) is 24.0 Å². The van der Waals surface area contributed by atoms with Crippen molar-refractivity contribution in [1.29, 1.82) is 10.5 Å². The summed E-state index contributed by atoms with van der Waals surface area (Å²) in [6, 6.07) is 6.91. The summed E-state index contributed by atoms with van der Waals surface area (Å²) in [7, 11) is 0. The number of hydrogen-bond donors (Lipinski definition) is 2. The number of anilines is 2. The van der Waals surface area contributed by atoms with Gasteiger partial charge >= 0.3 is 0 Å². The standard InChI is InChI=1S/C11H8FN5O/c1-7(18)15-11-4-8(2-3-10(11)12)16-17-9(5-13)6-14/h2-4,16H,1H3,(H,15,18). The highest BCUT2D eigenvalue weighted by atomic mass is 19.1. The molecule has 6 nitrogen and oxygen atoms in total. The SMILES string of the molecule is CC(=O)Nc1cc(NN=C(C#N)C#N)ccc1F. The number of nitrogens with one attached hydrogen (secondary N) is 2. The van der Waals surface area contributed by atoms with E-state index < -0.39 is 11.7 Å². The second-order valence-electron chi connectivity index (χ2n) is 3.17. The van der Waals surface area contributed by atoms with Crippen LogP contribution in [-0.4, -0.2) is 11.6 Å². The van der Waals surface area contributed by atoms with Crippen LogP contribution in [0.2, 0.25) is 0 Å². The van der Waals surface area contributed by atoms with Crippen LogP contribution < -0.4 is 10.7 Å². The van der Waals surface area contributed by atoms with Crippen LogP contribution in [0.15, 0.2) is 23.3 Å². The van der Waals surface area contributed by atoms with E-state index in [-0.39, 0.29) is 11.4 Å². The summed E-state index contributed by atoms with van der Waals surface area (Å²) in [6.45, 7) is 1.25. The molecule has 0 aliphatic rings. The van der Waals surface area contributed by atoms with E-state index in [0.29, 0.717) is 5.69 Å². The van der Waals surface area contributed by atoms with Crippen molar-refractivity contribution in [2.24, 2.45) is 5.10 Å². The van der Waals surface area contributed by atoms with Gasteiger partial charge in [0, 0.05) is 6.92 Å². The maximum Gasteiger partial charge on any atom is 0.237 e. The number of benzene rings is 1. The number of carbonyl (C=O) groups excluding carboxylic acids is 1. The van der Waals surface area contributed by atoms with E-state index in [2.05, 4.69) is 15.8 Å². The normalized spacial score (nSPS) is 8.67. The molecule has 0 bridgehead atoms. The molecular weight excluding hydrogens is 237 g/mol. The second-order valence-corrected chi connectivity index (χ2v) is 3.17. The van der Waals surface area contributed by atoms with Crippen molar-refractivity contribution in [1.82, 2.24) is 0 Å². The number of nitrogens with zero attached hydrogens (tertiary/aromatic N) is 3. The Balaban J connectivity index is 2.93. The number of halogens is 1. The first-order chi connectivity index (χ1) is 8.56. The number of nitriles is 2. The number of hydrazone groups is 1. The van der Waals surface area contributed by atoms with Gasteiger partial charge in [-0.15, -0.1) is 0 Å². The van der Waals surface area contributed by atoms with Crippen molar-refractivity contribution in [3.63, 3.8) is 0 Å². The highest BCUT2D eigenvalue weighted by Crippen LogP contribution is 2.19. The summed E-state index contributed by atoms with van der Waals surface area (Å²) in [6.07, 6.45) is 0. The minimum Gasteiger partial charge on any atom is -0.324 e. The fourth-order valence-electron chi connectivity index (χ4n) is 1.08. The zero-order valence-corrected chi connectivity index (χ0v) is 9.36. The monoisotopic (exact) mass is 245 g/mol. The van der Waals surface area contributed by atoms with Crippen molar-refractivity contribution in [2.75, 3.05) is 10.7 Å². The zero-order valence-electron chi connectivity index (χ0n) is 9.36. The molecule has 0 aliphatic heterocycles. The zero-order chi connectivity index (χ0) is 13.5. The Bertz CT molecular complexity index is 566. The van der Waals surface area contributed by atoms with Gasteiger partial charge in [-0.2, -0.15) is 15.6 Å². The molecule has 0 fully saturated rings. The fraction of sp³-hybridized carbons (Fsp3) is 0.0909. The van der Waals surface area contributed by atoms with E-state index in [1.807, 2.05) is 0 Å². The maximum absolute atomic E-state index is 13.3. The minimum atomic E-state index is -0.597. The summed E-state index contributed by atoms with van der Waals surface area (Å²) in [4.78, 5) is 10.8. The first kappa shape index (κ1) is 13.1.